The second-order valence-electron chi connectivity index (χ2n) is 6.08. The molecule has 1 aliphatic heterocycles. The number of pyridine rings is 1. The summed E-state index contributed by atoms with van der Waals surface area (Å²) in [5.74, 6) is -1.98. The molecule has 0 bridgehead atoms. The standard InChI is InChI=1S/C19H19NO9/c1-25-12-4-9(5-13-17(12)29-8-28-13)10(6-14(21)26-2)15-16(22)11(19(24)27-3)7-20-18(15)23/h4-5,7,10H,6,8H2,1-3H3,(H2,20,22,23)/t10-/m1/s1. The van der Waals surface area contributed by atoms with Crippen LogP contribution in [0, 0.1) is 0 Å². The molecule has 1 aliphatic rings. The van der Waals surface area contributed by atoms with Crippen LogP contribution < -0.4 is 19.8 Å². The van der Waals surface area contributed by atoms with E-state index >= 15 is 0 Å². The van der Waals surface area contributed by atoms with Crippen molar-refractivity contribution >= 4 is 11.9 Å². The number of methoxy groups -OCH3 is 3. The van der Waals surface area contributed by atoms with Crippen LogP contribution in [0.2, 0.25) is 0 Å². The summed E-state index contributed by atoms with van der Waals surface area (Å²) >= 11 is 0. The number of ether oxygens (including phenoxy) is 5. The lowest BCUT2D eigenvalue weighted by molar-refractivity contribution is -0.140. The van der Waals surface area contributed by atoms with Crippen molar-refractivity contribution < 1.29 is 38.4 Å². The van der Waals surface area contributed by atoms with Gasteiger partial charge < -0.3 is 33.8 Å². The first-order valence-electron chi connectivity index (χ1n) is 8.48. The Balaban J connectivity index is 2.22. The third-order valence-corrected chi connectivity index (χ3v) is 4.54. The molecule has 1 aromatic heterocycles. The van der Waals surface area contributed by atoms with Crippen LogP contribution in [0.3, 0.4) is 0 Å². The first kappa shape index (κ1) is 20.1. The van der Waals surface area contributed by atoms with Crippen LogP contribution in [0.1, 0.15) is 33.8 Å². The Kier molecular flexibility index (Phi) is 5.62. The van der Waals surface area contributed by atoms with E-state index in [4.69, 9.17) is 18.9 Å². The summed E-state index contributed by atoms with van der Waals surface area (Å²) in [6.07, 6.45) is 0.753. The second kappa shape index (κ2) is 8.13. The van der Waals surface area contributed by atoms with Crippen molar-refractivity contribution in [3.63, 3.8) is 0 Å². The molecule has 154 valence electrons. The predicted molar refractivity (Wildman–Crippen MR) is 97.7 cm³/mol. The maximum Gasteiger partial charge on any atom is 0.343 e. The van der Waals surface area contributed by atoms with Crippen molar-refractivity contribution in [1.82, 2.24) is 4.98 Å². The SMILES string of the molecule is COC(=O)C[C@H](c1cc(OC)c2c(c1)OCO2)c1c(O)c(C(=O)OC)c[nH]c1=O. The third kappa shape index (κ3) is 3.68. The summed E-state index contributed by atoms with van der Waals surface area (Å²) in [5.41, 5.74) is -0.705. The molecule has 0 unspecified atom stereocenters. The number of esters is 2. The summed E-state index contributed by atoms with van der Waals surface area (Å²) in [4.78, 5) is 39.0. The molecule has 2 heterocycles. The summed E-state index contributed by atoms with van der Waals surface area (Å²) in [6.45, 7) is -0.0134. The van der Waals surface area contributed by atoms with E-state index in [0.29, 0.717) is 22.8 Å². The monoisotopic (exact) mass is 405 g/mol. The molecule has 1 atom stereocenters. The molecule has 0 saturated carbocycles. The Morgan fingerprint density at radius 2 is 1.97 bits per heavy atom. The average Bonchev–Trinajstić information content (AvgIpc) is 3.20. The maximum absolute atomic E-state index is 12.6. The summed E-state index contributed by atoms with van der Waals surface area (Å²) < 4.78 is 25.4. The minimum absolute atomic E-state index is 0.0134. The number of nitrogens with one attached hydrogen (secondary N) is 1. The highest BCUT2D eigenvalue weighted by molar-refractivity contribution is 5.92. The predicted octanol–water partition coefficient (Wildman–Crippen LogP) is 1.30. The zero-order valence-corrected chi connectivity index (χ0v) is 15.9. The summed E-state index contributed by atoms with van der Waals surface area (Å²) in [6, 6.07) is 3.13. The van der Waals surface area contributed by atoms with Crippen molar-refractivity contribution in [2.75, 3.05) is 28.1 Å². The largest absolute Gasteiger partial charge is 0.506 e. The van der Waals surface area contributed by atoms with E-state index < -0.39 is 29.2 Å². The van der Waals surface area contributed by atoms with Gasteiger partial charge in [-0.25, -0.2) is 4.79 Å². The van der Waals surface area contributed by atoms with Crippen LogP contribution in [0.25, 0.3) is 0 Å². The van der Waals surface area contributed by atoms with Gasteiger partial charge in [0.2, 0.25) is 12.5 Å². The minimum atomic E-state index is -0.973. The number of hydrogen-bond acceptors (Lipinski definition) is 9. The average molecular weight is 405 g/mol. The zero-order chi connectivity index (χ0) is 21.1. The number of H-pyrrole nitrogens is 1. The van der Waals surface area contributed by atoms with Gasteiger partial charge in [-0.15, -0.1) is 0 Å². The van der Waals surface area contributed by atoms with Crippen LogP contribution >= 0.6 is 0 Å². The van der Waals surface area contributed by atoms with Gasteiger partial charge >= 0.3 is 11.9 Å². The molecule has 1 aromatic carbocycles. The molecule has 29 heavy (non-hydrogen) atoms. The Labute approximate surface area is 164 Å². The number of benzene rings is 1. The van der Waals surface area contributed by atoms with Crippen molar-refractivity contribution in [2.45, 2.75) is 12.3 Å². The van der Waals surface area contributed by atoms with Gasteiger partial charge in [-0.1, -0.05) is 0 Å². The van der Waals surface area contributed by atoms with E-state index in [1.54, 1.807) is 12.1 Å². The molecule has 10 heteroatoms. The van der Waals surface area contributed by atoms with Crippen LogP contribution in [0.5, 0.6) is 23.0 Å². The van der Waals surface area contributed by atoms with E-state index in [2.05, 4.69) is 9.72 Å². The van der Waals surface area contributed by atoms with Crippen LogP contribution in [-0.4, -0.2) is 50.2 Å². The maximum atomic E-state index is 12.6. The molecule has 2 N–H and O–H groups in total. The highest BCUT2D eigenvalue weighted by Gasteiger charge is 2.31. The Morgan fingerprint density at radius 3 is 2.62 bits per heavy atom. The van der Waals surface area contributed by atoms with Gasteiger partial charge in [0.05, 0.1) is 33.3 Å². The Bertz CT molecular complexity index is 1010. The second-order valence-corrected chi connectivity index (χ2v) is 6.08. The molecule has 0 saturated heterocycles. The molecule has 0 fully saturated rings. The van der Waals surface area contributed by atoms with Crippen molar-refractivity contribution in [2.24, 2.45) is 0 Å². The van der Waals surface area contributed by atoms with E-state index in [1.165, 1.54) is 14.2 Å². The van der Waals surface area contributed by atoms with E-state index in [0.717, 1.165) is 13.3 Å². The number of hydrogen-bond donors (Lipinski definition) is 2. The topological polar surface area (TPSA) is 133 Å². The van der Waals surface area contributed by atoms with Crippen molar-refractivity contribution in [3.8, 4) is 23.0 Å². The van der Waals surface area contributed by atoms with Gasteiger partial charge in [0, 0.05) is 12.1 Å². The lowest BCUT2D eigenvalue weighted by Crippen LogP contribution is -2.22. The number of aromatic amines is 1. The number of aromatic nitrogens is 1. The number of fused-ring (bicyclic) bond motifs is 1. The normalized spacial score (nSPS) is 12.9. The van der Waals surface area contributed by atoms with Gasteiger partial charge in [-0.3, -0.25) is 9.59 Å². The van der Waals surface area contributed by atoms with E-state index in [-0.39, 0.29) is 24.3 Å². The first-order chi connectivity index (χ1) is 13.9. The highest BCUT2D eigenvalue weighted by Crippen LogP contribution is 2.45. The van der Waals surface area contributed by atoms with Crippen LogP contribution in [0.15, 0.2) is 23.1 Å². The smallest absolute Gasteiger partial charge is 0.343 e. The first-order valence-corrected chi connectivity index (χ1v) is 8.48. The number of carbonyl (C=O) groups excluding carboxylic acids is 2. The van der Waals surface area contributed by atoms with Crippen LogP contribution in [0.4, 0.5) is 0 Å². The summed E-state index contributed by atoms with van der Waals surface area (Å²) in [7, 11) is 3.77. The van der Waals surface area contributed by atoms with Gasteiger partial charge in [0.25, 0.3) is 5.56 Å². The summed E-state index contributed by atoms with van der Waals surface area (Å²) in [5, 5.41) is 10.6. The van der Waals surface area contributed by atoms with E-state index in [9.17, 15) is 19.5 Å². The molecule has 0 spiro atoms. The molecule has 0 amide bonds. The molecule has 10 nitrogen and oxygen atoms in total. The molecule has 3 rings (SSSR count). The molecular weight excluding hydrogens is 386 g/mol. The fourth-order valence-electron chi connectivity index (χ4n) is 3.11. The van der Waals surface area contributed by atoms with Gasteiger partial charge in [0.15, 0.2) is 11.5 Å². The van der Waals surface area contributed by atoms with Gasteiger partial charge in [0.1, 0.15) is 11.3 Å². The lowest BCUT2D eigenvalue weighted by atomic mass is 9.87. The quantitative estimate of drug-likeness (QED) is 0.682. The highest BCUT2D eigenvalue weighted by atomic mass is 16.7. The molecule has 0 radical (unpaired) electrons. The van der Waals surface area contributed by atoms with Crippen molar-refractivity contribution in [1.29, 1.82) is 0 Å². The third-order valence-electron chi connectivity index (χ3n) is 4.54. The van der Waals surface area contributed by atoms with Crippen molar-refractivity contribution in [3.05, 3.63) is 45.4 Å². The van der Waals surface area contributed by atoms with E-state index in [1.807, 2.05) is 0 Å². The van der Waals surface area contributed by atoms with Gasteiger partial charge in [-0.05, 0) is 17.7 Å². The fourth-order valence-corrected chi connectivity index (χ4v) is 3.11. The fraction of sp³-hybridized carbons (Fsp3) is 0.316. The minimum Gasteiger partial charge on any atom is -0.506 e. The Hall–Kier alpha value is -3.69. The number of aromatic hydroxyl groups is 1. The molecular formula is C19H19NO9. The lowest BCUT2D eigenvalue weighted by Gasteiger charge is -2.19. The zero-order valence-electron chi connectivity index (χ0n) is 15.9. The number of carbonyl (C=O) groups is 2. The molecule has 0 aliphatic carbocycles. The molecule has 2 aromatic rings. The van der Waals surface area contributed by atoms with Crippen LogP contribution in [-0.2, 0) is 14.3 Å². The Morgan fingerprint density at radius 1 is 1.21 bits per heavy atom. The number of rotatable bonds is 6. The van der Waals surface area contributed by atoms with Gasteiger partial charge in [-0.2, -0.15) is 0 Å².